The van der Waals surface area contributed by atoms with Crippen molar-refractivity contribution in [1.82, 2.24) is 0 Å². The van der Waals surface area contributed by atoms with Crippen LogP contribution in [-0.4, -0.2) is 40.2 Å². The molecule has 1 aliphatic carbocycles. The van der Waals surface area contributed by atoms with Crippen LogP contribution in [0.3, 0.4) is 0 Å². The standard InChI is InChI=1S/C14H21NO3S/c1-10-4-6-11(7-5-10)12-13(19(3,16)17)14(12,8-15)9-18-2/h4-7,12-13H,8-9,15H2,1-3H3/t12-,13+,14-/m1/s1. The lowest BCUT2D eigenvalue weighted by molar-refractivity contribution is 0.142. The van der Waals surface area contributed by atoms with Crippen molar-refractivity contribution in [3.05, 3.63) is 35.4 Å². The largest absolute Gasteiger partial charge is 0.384 e. The summed E-state index contributed by atoms with van der Waals surface area (Å²) in [4.78, 5) is 0. The van der Waals surface area contributed by atoms with E-state index in [0.29, 0.717) is 13.2 Å². The van der Waals surface area contributed by atoms with Gasteiger partial charge >= 0.3 is 0 Å². The lowest BCUT2D eigenvalue weighted by atomic mass is 9.99. The molecule has 1 saturated carbocycles. The van der Waals surface area contributed by atoms with Gasteiger partial charge in [-0.3, -0.25) is 0 Å². The first kappa shape index (κ1) is 14.5. The van der Waals surface area contributed by atoms with Crippen LogP contribution >= 0.6 is 0 Å². The number of rotatable bonds is 5. The molecule has 0 aromatic heterocycles. The van der Waals surface area contributed by atoms with Crippen molar-refractivity contribution < 1.29 is 13.2 Å². The molecule has 106 valence electrons. The molecule has 0 unspecified atom stereocenters. The second-order valence-electron chi connectivity index (χ2n) is 5.51. The SMILES string of the molecule is COC[C@]1(CN)[C@H](c2ccc(C)cc2)[C@@H]1S(C)(=O)=O. The van der Waals surface area contributed by atoms with Crippen LogP contribution in [0.25, 0.3) is 0 Å². The monoisotopic (exact) mass is 283 g/mol. The highest BCUT2D eigenvalue weighted by Gasteiger charge is 2.69. The molecule has 0 saturated heterocycles. The maximum atomic E-state index is 12.0. The zero-order valence-corrected chi connectivity index (χ0v) is 12.4. The Morgan fingerprint density at radius 1 is 1.32 bits per heavy atom. The Morgan fingerprint density at radius 2 is 1.89 bits per heavy atom. The molecule has 3 atom stereocenters. The highest BCUT2D eigenvalue weighted by molar-refractivity contribution is 7.91. The summed E-state index contributed by atoms with van der Waals surface area (Å²) in [6.45, 7) is 2.70. The number of sulfone groups is 1. The zero-order chi connectivity index (χ0) is 14.3. The number of nitrogens with two attached hydrogens (primary N) is 1. The van der Waals surface area contributed by atoms with E-state index < -0.39 is 20.5 Å². The molecule has 1 aromatic rings. The van der Waals surface area contributed by atoms with Crippen molar-refractivity contribution in [2.45, 2.75) is 18.1 Å². The van der Waals surface area contributed by atoms with Gasteiger partial charge in [0.25, 0.3) is 0 Å². The average Bonchev–Trinajstić information content (AvgIpc) is 3.00. The molecular weight excluding hydrogens is 262 g/mol. The predicted octanol–water partition coefficient (Wildman–Crippen LogP) is 1.10. The van der Waals surface area contributed by atoms with Crippen LogP contribution in [-0.2, 0) is 14.6 Å². The van der Waals surface area contributed by atoms with Gasteiger partial charge in [0.1, 0.15) is 0 Å². The molecule has 0 heterocycles. The van der Waals surface area contributed by atoms with Gasteiger partial charge in [-0.15, -0.1) is 0 Å². The minimum atomic E-state index is -3.14. The molecule has 2 rings (SSSR count). The minimum absolute atomic E-state index is 0.0620. The van der Waals surface area contributed by atoms with Crippen LogP contribution in [0, 0.1) is 12.3 Å². The van der Waals surface area contributed by atoms with E-state index >= 15 is 0 Å². The fourth-order valence-corrected chi connectivity index (χ4v) is 5.16. The van der Waals surface area contributed by atoms with Gasteiger partial charge in [-0.05, 0) is 12.5 Å². The van der Waals surface area contributed by atoms with Gasteiger partial charge in [-0.2, -0.15) is 0 Å². The summed E-state index contributed by atoms with van der Waals surface area (Å²) in [7, 11) is -1.55. The Balaban J connectivity index is 2.40. The number of hydrogen-bond acceptors (Lipinski definition) is 4. The molecule has 4 nitrogen and oxygen atoms in total. The molecule has 5 heteroatoms. The molecule has 1 aromatic carbocycles. The van der Waals surface area contributed by atoms with Gasteiger partial charge in [0, 0.05) is 31.2 Å². The Hall–Kier alpha value is -0.910. The third-order valence-electron chi connectivity index (χ3n) is 4.07. The summed E-state index contributed by atoms with van der Waals surface area (Å²) in [5.41, 5.74) is 7.57. The van der Waals surface area contributed by atoms with Crippen molar-refractivity contribution in [3.63, 3.8) is 0 Å². The van der Waals surface area contributed by atoms with Crippen molar-refractivity contribution >= 4 is 9.84 Å². The molecule has 19 heavy (non-hydrogen) atoms. The van der Waals surface area contributed by atoms with Crippen molar-refractivity contribution in [2.24, 2.45) is 11.1 Å². The summed E-state index contributed by atoms with van der Waals surface area (Å²) >= 11 is 0. The summed E-state index contributed by atoms with van der Waals surface area (Å²) in [5.74, 6) is -0.0620. The molecule has 1 fully saturated rings. The molecule has 1 aliphatic rings. The van der Waals surface area contributed by atoms with E-state index in [2.05, 4.69) is 0 Å². The maximum absolute atomic E-state index is 12.0. The number of methoxy groups -OCH3 is 1. The number of aryl methyl sites for hydroxylation is 1. The van der Waals surface area contributed by atoms with E-state index in [4.69, 9.17) is 10.5 Å². The van der Waals surface area contributed by atoms with Gasteiger partial charge in [-0.25, -0.2) is 8.42 Å². The van der Waals surface area contributed by atoms with Crippen LogP contribution in [0.5, 0.6) is 0 Å². The van der Waals surface area contributed by atoms with Crippen LogP contribution in [0.4, 0.5) is 0 Å². The molecular formula is C14H21NO3S. The lowest BCUT2D eigenvalue weighted by Crippen LogP contribution is -2.28. The Bertz CT molecular complexity index is 553. The molecule has 2 N–H and O–H groups in total. The topological polar surface area (TPSA) is 69.4 Å². The molecule has 0 bridgehead atoms. The van der Waals surface area contributed by atoms with E-state index in [9.17, 15) is 8.42 Å². The van der Waals surface area contributed by atoms with Gasteiger partial charge in [0.05, 0.1) is 11.9 Å². The smallest absolute Gasteiger partial charge is 0.151 e. The van der Waals surface area contributed by atoms with Crippen molar-refractivity contribution in [2.75, 3.05) is 26.5 Å². The van der Waals surface area contributed by atoms with Gasteiger partial charge in [-0.1, -0.05) is 29.8 Å². The second-order valence-corrected chi connectivity index (χ2v) is 7.68. The number of ether oxygens (including phenoxy) is 1. The van der Waals surface area contributed by atoms with E-state index in [0.717, 1.165) is 11.1 Å². The quantitative estimate of drug-likeness (QED) is 0.878. The van der Waals surface area contributed by atoms with Crippen LogP contribution in [0.15, 0.2) is 24.3 Å². The Labute approximate surface area is 114 Å². The van der Waals surface area contributed by atoms with Crippen LogP contribution < -0.4 is 5.73 Å². The zero-order valence-electron chi connectivity index (χ0n) is 11.6. The fourth-order valence-electron chi connectivity index (χ4n) is 3.15. The first-order chi connectivity index (χ1) is 8.86. The highest BCUT2D eigenvalue weighted by Crippen LogP contribution is 2.62. The van der Waals surface area contributed by atoms with E-state index in [1.54, 1.807) is 7.11 Å². The van der Waals surface area contributed by atoms with Gasteiger partial charge in [0.2, 0.25) is 0 Å². The first-order valence-electron chi connectivity index (χ1n) is 6.31. The van der Waals surface area contributed by atoms with Gasteiger partial charge < -0.3 is 10.5 Å². The second kappa shape index (κ2) is 4.89. The molecule has 0 amide bonds. The van der Waals surface area contributed by atoms with E-state index in [1.807, 2.05) is 31.2 Å². The molecule has 0 radical (unpaired) electrons. The number of benzene rings is 1. The predicted molar refractivity (Wildman–Crippen MR) is 75.9 cm³/mol. The molecule has 0 spiro atoms. The van der Waals surface area contributed by atoms with Crippen LogP contribution in [0.1, 0.15) is 17.0 Å². The highest BCUT2D eigenvalue weighted by atomic mass is 32.2. The van der Waals surface area contributed by atoms with E-state index in [-0.39, 0.29) is 5.92 Å². The van der Waals surface area contributed by atoms with Crippen molar-refractivity contribution in [1.29, 1.82) is 0 Å². The third-order valence-corrected chi connectivity index (χ3v) is 5.73. The normalized spacial score (nSPS) is 30.3. The summed E-state index contributed by atoms with van der Waals surface area (Å²) in [6.07, 6.45) is 1.28. The Kier molecular flexibility index (Phi) is 3.73. The average molecular weight is 283 g/mol. The maximum Gasteiger partial charge on any atom is 0.151 e. The van der Waals surface area contributed by atoms with Gasteiger partial charge in [0.15, 0.2) is 9.84 Å². The Morgan fingerprint density at radius 3 is 2.32 bits per heavy atom. The molecule has 0 aliphatic heterocycles. The van der Waals surface area contributed by atoms with E-state index in [1.165, 1.54) is 6.26 Å². The lowest BCUT2D eigenvalue weighted by Gasteiger charge is -2.14. The fraction of sp³-hybridized carbons (Fsp3) is 0.571. The summed E-state index contributed by atoms with van der Waals surface area (Å²) in [5, 5.41) is -0.437. The first-order valence-corrected chi connectivity index (χ1v) is 8.26. The van der Waals surface area contributed by atoms with Crippen LogP contribution in [0.2, 0.25) is 0 Å². The number of hydrogen-bond donors (Lipinski definition) is 1. The minimum Gasteiger partial charge on any atom is -0.384 e. The summed E-state index contributed by atoms with van der Waals surface area (Å²) < 4.78 is 29.2. The third kappa shape index (κ3) is 2.42. The summed E-state index contributed by atoms with van der Waals surface area (Å²) in [6, 6.07) is 7.98. The van der Waals surface area contributed by atoms with Crippen molar-refractivity contribution in [3.8, 4) is 0 Å².